The monoisotopic (exact) mass is 288 g/mol. The van der Waals surface area contributed by atoms with Gasteiger partial charge in [-0.05, 0) is 24.3 Å². The first kappa shape index (κ1) is 10.6. The van der Waals surface area contributed by atoms with Gasteiger partial charge in [0.05, 0.1) is 25.1 Å². The van der Waals surface area contributed by atoms with Crippen LogP contribution in [0.25, 0.3) is 54.6 Å². The molecule has 4 heterocycles. The Bertz CT molecular complexity index is 1120. The first-order valence-corrected chi connectivity index (χ1v) is 7.00. The topological polar surface area (TPSA) is 52.6 Å². The minimum absolute atomic E-state index is 0.733. The minimum Gasteiger partial charge on any atom is -0.464 e. The number of fused-ring (bicyclic) bond motifs is 11. The van der Waals surface area contributed by atoms with Gasteiger partial charge in [0, 0.05) is 32.3 Å². The number of hydrogen-bond acceptors (Lipinski definition) is 4. The van der Waals surface area contributed by atoms with Crippen LogP contribution in [-0.4, -0.2) is 0 Å². The summed E-state index contributed by atoms with van der Waals surface area (Å²) in [5.41, 5.74) is 3.16. The normalized spacial score (nSPS) is 12.5. The van der Waals surface area contributed by atoms with E-state index >= 15 is 0 Å². The van der Waals surface area contributed by atoms with Crippen LogP contribution in [-0.2, 0) is 0 Å². The van der Waals surface area contributed by atoms with Crippen molar-refractivity contribution in [3.8, 4) is 0 Å². The van der Waals surface area contributed by atoms with E-state index in [1.54, 1.807) is 25.1 Å². The number of benzene rings is 2. The van der Waals surface area contributed by atoms with Gasteiger partial charge in [0.1, 0.15) is 11.2 Å². The molecule has 0 atom stereocenters. The molecule has 0 aliphatic rings. The Labute approximate surface area is 122 Å². The van der Waals surface area contributed by atoms with Crippen LogP contribution in [0.3, 0.4) is 0 Å². The maximum Gasteiger partial charge on any atom is 0.177 e. The second-order valence-corrected chi connectivity index (χ2v) is 5.40. The molecule has 0 aliphatic heterocycles. The Morgan fingerprint density at radius 3 is 1.23 bits per heavy atom. The summed E-state index contributed by atoms with van der Waals surface area (Å²) in [4.78, 5) is 0. The van der Waals surface area contributed by atoms with Gasteiger partial charge < -0.3 is 17.7 Å². The Kier molecular flexibility index (Phi) is 1.61. The summed E-state index contributed by atoms with van der Waals surface area (Å²) in [5.74, 6) is 0. The van der Waals surface area contributed by atoms with Crippen molar-refractivity contribution in [3.63, 3.8) is 0 Å². The molecule has 0 saturated carbocycles. The zero-order valence-corrected chi connectivity index (χ0v) is 11.3. The molecule has 4 nitrogen and oxygen atoms in total. The molecule has 104 valence electrons. The highest BCUT2D eigenvalue weighted by atomic mass is 16.4. The van der Waals surface area contributed by atoms with Crippen molar-refractivity contribution >= 4 is 54.6 Å². The Morgan fingerprint density at radius 1 is 0.409 bits per heavy atom. The summed E-state index contributed by atoms with van der Waals surface area (Å²) in [6, 6.07) is 7.82. The number of furan rings is 4. The van der Waals surface area contributed by atoms with Crippen molar-refractivity contribution < 1.29 is 17.7 Å². The first-order valence-electron chi connectivity index (χ1n) is 7.00. The molecule has 6 rings (SSSR count). The molecule has 2 aromatic carbocycles. The van der Waals surface area contributed by atoms with E-state index in [4.69, 9.17) is 17.7 Å². The summed E-state index contributed by atoms with van der Waals surface area (Å²) >= 11 is 0. The second-order valence-electron chi connectivity index (χ2n) is 5.40. The standard InChI is InChI=1S/C18H8O4/c1-5-19-15-9(1)10-2-6-20-16(10)14-12-4-8-22-18(12)17-11(13(14)15)3-7-21-17/h1-8H. The zero-order valence-electron chi connectivity index (χ0n) is 11.3. The fraction of sp³-hybridized carbons (Fsp3) is 0. The Hall–Kier alpha value is -3.14. The lowest BCUT2D eigenvalue weighted by Gasteiger charge is -2.04. The molecule has 0 bridgehead atoms. The number of hydrogen-bond donors (Lipinski definition) is 0. The maximum absolute atomic E-state index is 5.80. The lowest BCUT2D eigenvalue weighted by atomic mass is 9.98. The molecule has 0 radical (unpaired) electrons. The first-order chi connectivity index (χ1) is 10.9. The van der Waals surface area contributed by atoms with E-state index in [1.807, 2.05) is 24.3 Å². The molecule has 0 N–H and O–H groups in total. The van der Waals surface area contributed by atoms with E-state index in [0.29, 0.717) is 0 Å². The van der Waals surface area contributed by atoms with Gasteiger partial charge in [-0.25, -0.2) is 0 Å². The highest BCUT2D eigenvalue weighted by Crippen LogP contribution is 2.44. The molecular formula is C18H8O4. The van der Waals surface area contributed by atoms with Gasteiger partial charge in [-0.15, -0.1) is 0 Å². The van der Waals surface area contributed by atoms with Gasteiger partial charge in [-0.2, -0.15) is 0 Å². The van der Waals surface area contributed by atoms with E-state index in [-0.39, 0.29) is 0 Å². The summed E-state index contributed by atoms with van der Waals surface area (Å²) in [7, 11) is 0. The van der Waals surface area contributed by atoms with Gasteiger partial charge >= 0.3 is 0 Å². The average molecular weight is 288 g/mol. The van der Waals surface area contributed by atoms with Crippen molar-refractivity contribution in [1.29, 1.82) is 0 Å². The van der Waals surface area contributed by atoms with Crippen LogP contribution in [0, 0.1) is 0 Å². The largest absolute Gasteiger partial charge is 0.464 e. The average Bonchev–Trinajstić information content (AvgIpc) is 3.28. The molecule has 6 aromatic rings. The summed E-state index contributed by atoms with van der Waals surface area (Å²) in [6.07, 6.45) is 6.77. The van der Waals surface area contributed by atoms with Crippen LogP contribution >= 0.6 is 0 Å². The molecule has 4 heteroatoms. The molecule has 0 amide bonds. The third-order valence-corrected chi connectivity index (χ3v) is 4.40. The van der Waals surface area contributed by atoms with Crippen LogP contribution in [0.1, 0.15) is 0 Å². The molecule has 0 saturated heterocycles. The van der Waals surface area contributed by atoms with Crippen molar-refractivity contribution in [2.75, 3.05) is 0 Å². The van der Waals surface area contributed by atoms with E-state index < -0.39 is 0 Å². The van der Waals surface area contributed by atoms with Gasteiger partial charge in [0.2, 0.25) is 0 Å². The van der Waals surface area contributed by atoms with E-state index in [1.165, 1.54) is 0 Å². The molecule has 0 unspecified atom stereocenters. The lowest BCUT2D eigenvalue weighted by molar-refractivity contribution is 0.583. The summed E-state index contributed by atoms with van der Waals surface area (Å²) in [6.45, 7) is 0. The minimum atomic E-state index is 0.733. The fourth-order valence-corrected chi connectivity index (χ4v) is 3.53. The fourth-order valence-electron chi connectivity index (χ4n) is 3.53. The van der Waals surface area contributed by atoms with Crippen molar-refractivity contribution in [2.45, 2.75) is 0 Å². The van der Waals surface area contributed by atoms with Crippen molar-refractivity contribution in [3.05, 3.63) is 49.3 Å². The highest BCUT2D eigenvalue weighted by Gasteiger charge is 2.21. The van der Waals surface area contributed by atoms with Crippen LogP contribution in [0.2, 0.25) is 0 Å². The van der Waals surface area contributed by atoms with E-state index in [2.05, 4.69) is 0 Å². The second kappa shape index (κ2) is 3.36. The Morgan fingerprint density at radius 2 is 0.773 bits per heavy atom. The highest BCUT2D eigenvalue weighted by molar-refractivity contribution is 6.36. The van der Waals surface area contributed by atoms with Crippen LogP contribution in [0.4, 0.5) is 0 Å². The molecule has 0 spiro atoms. The van der Waals surface area contributed by atoms with E-state index in [9.17, 15) is 0 Å². The van der Waals surface area contributed by atoms with Gasteiger partial charge in [-0.3, -0.25) is 0 Å². The quantitative estimate of drug-likeness (QED) is 0.353. The van der Waals surface area contributed by atoms with Gasteiger partial charge in [-0.1, -0.05) is 0 Å². The smallest absolute Gasteiger partial charge is 0.177 e. The lowest BCUT2D eigenvalue weighted by Crippen LogP contribution is -1.80. The number of rotatable bonds is 0. The summed E-state index contributed by atoms with van der Waals surface area (Å²) in [5, 5.41) is 6.02. The van der Waals surface area contributed by atoms with Crippen LogP contribution in [0.5, 0.6) is 0 Å². The predicted octanol–water partition coefficient (Wildman–Crippen LogP) is 5.82. The molecule has 0 fully saturated rings. The Balaban J connectivity index is 2.19. The molecule has 4 aromatic heterocycles. The SMILES string of the molecule is c1cc2c(o1)c1occc1c1c3occc3c3ccoc3c21. The van der Waals surface area contributed by atoms with Crippen molar-refractivity contribution in [2.24, 2.45) is 0 Å². The zero-order chi connectivity index (χ0) is 14.3. The van der Waals surface area contributed by atoms with E-state index in [0.717, 1.165) is 54.6 Å². The molecule has 0 aliphatic carbocycles. The van der Waals surface area contributed by atoms with Gasteiger partial charge in [0.15, 0.2) is 11.2 Å². The van der Waals surface area contributed by atoms with Crippen molar-refractivity contribution in [1.82, 2.24) is 0 Å². The molecular weight excluding hydrogens is 280 g/mol. The summed E-state index contributed by atoms with van der Waals surface area (Å²) < 4.78 is 22.9. The predicted molar refractivity (Wildman–Crippen MR) is 83.0 cm³/mol. The third-order valence-electron chi connectivity index (χ3n) is 4.40. The van der Waals surface area contributed by atoms with Crippen LogP contribution in [0.15, 0.2) is 67.0 Å². The molecule has 22 heavy (non-hydrogen) atoms. The maximum atomic E-state index is 5.80. The van der Waals surface area contributed by atoms with Gasteiger partial charge in [0.25, 0.3) is 0 Å². The third kappa shape index (κ3) is 1.01. The van der Waals surface area contributed by atoms with Crippen LogP contribution < -0.4 is 0 Å².